The van der Waals surface area contributed by atoms with Crippen LogP contribution in [-0.4, -0.2) is 11.1 Å². The molecule has 110 valence electrons. The van der Waals surface area contributed by atoms with E-state index in [0.717, 1.165) is 64.2 Å². The molecule has 0 spiro atoms. The third kappa shape index (κ3) is 9.53. The monoisotopic (exact) mass is 267 g/mol. The van der Waals surface area contributed by atoms with Crippen LogP contribution in [0.5, 0.6) is 0 Å². The number of nitrogens with zero attached hydrogens (tertiary/aromatic N) is 1. The van der Waals surface area contributed by atoms with Crippen LogP contribution in [0.25, 0.3) is 0 Å². The fourth-order valence-corrected chi connectivity index (χ4v) is 2.35. The Morgan fingerprint density at radius 1 is 1.00 bits per heavy atom. The summed E-state index contributed by atoms with van der Waals surface area (Å²) in [5.74, 6) is -0.675. The molecule has 2 atom stereocenters. The van der Waals surface area contributed by atoms with Crippen molar-refractivity contribution in [2.24, 2.45) is 11.8 Å². The Kier molecular flexibility index (Phi) is 11.4. The molecule has 0 aliphatic heterocycles. The van der Waals surface area contributed by atoms with Crippen molar-refractivity contribution in [1.29, 1.82) is 5.26 Å². The van der Waals surface area contributed by atoms with E-state index in [1.807, 2.05) is 0 Å². The van der Waals surface area contributed by atoms with Crippen molar-refractivity contribution in [1.82, 2.24) is 0 Å². The number of carboxylic acids is 1. The molecule has 0 aromatic heterocycles. The number of carbonyl (C=O) groups is 1. The standard InChI is InChI=1S/C16H29NO2/c1-3-5-9-14(13-17)10-7-8-12-15(16(18)19)11-6-4-2/h14-15H,3-12H2,1-2H3,(H,18,19). The molecule has 2 unspecified atom stereocenters. The lowest BCUT2D eigenvalue weighted by atomic mass is 9.92. The van der Waals surface area contributed by atoms with Crippen LogP contribution in [0, 0.1) is 23.2 Å². The highest BCUT2D eigenvalue weighted by Gasteiger charge is 2.16. The molecule has 0 radical (unpaired) electrons. The molecule has 0 bridgehead atoms. The van der Waals surface area contributed by atoms with Gasteiger partial charge in [0.25, 0.3) is 0 Å². The number of hydrogen-bond acceptors (Lipinski definition) is 2. The highest BCUT2D eigenvalue weighted by Crippen LogP contribution is 2.20. The van der Waals surface area contributed by atoms with Gasteiger partial charge < -0.3 is 5.11 Å². The Hall–Kier alpha value is -1.04. The minimum Gasteiger partial charge on any atom is -0.481 e. The van der Waals surface area contributed by atoms with Crippen LogP contribution in [0.3, 0.4) is 0 Å². The summed E-state index contributed by atoms with van der Waals surface area (Å²) < 4.78 is 0. The summed E-state index contributed by atoms with van der Waals surface area (Å²) in [5, 5.41) is 18.1. The van der Waals surface area contributed by atoms with Crippen LogP contribution in [-0.2, 0) is 4.79 Å². The zero-order chi connectivity index (χ0) is 14.5. The van der Waals surface area contributed by atoms with Crippen LogP contribution in [0.15, 0.2) is 0 Å². The number of carboxylic acid groups (broad SMARTS) is 1. The third-order valence-electron chi connectivity index (χ3n) is 3.70. The van der Waals surface area contributed by atoms with Crippen LogP contribution in [0.2, 0.25) is 0 Å². The number of aliphatic carboxylic acids is 1. The van der Waals surface area contributed by atoms with Gasteiger partial charge in [-0.3, -0.25) is 4.79 Å². The molecule has 0 fully saturated rings. The lowest BCUT2D eigenvalue weighted by Crippen LogP contribution is -2.13. The Morgan fingerprint density at radius 3 is 2.00 bits per heavy atom. The Labute approximate surface area is 118 Å². The van der Waals surface area contributed by atoms with Crippen molar-refractivity contribution in [3.8, 4) is 6.07 Å². The lowest BCUT2D eigenvalue weighted by molar-refractivity contribution is -0.142. The first-order chi connectivity index (χ1) is 9.15. The SMILES string of the molecule is CCCCC(C#N)CCCCC(CCCC)C(=O)O. The van der Waals surface area contributed by atoms with Crippen LogP contribution in [0.4, 0.5) is 0 Å². The Balaban J connectivity index is 3.80. The van der Waals surface area contributed by atoms with Crippen molar-refractivity contribution >= 4 is 5.97 Å². The van der Waals surface area contributed by atoms with Gasteiger partial charge in [0, 0.05) is 5.92 Å². The second-order valence-corrected chi connectivity index (χ2v) is 5.43. The van der Waals surface area contributed by atoms with Crippen LogP contribution < -0.4 is 0 Å². The summed E-state index contributed by atoms with van der Waals surface area (Å²) in [5.41, 5.74) is 0. The molecule has 19 heavy (non-hydrogen) atoms. The van der Waals surface area contributed by atoms with Gasteiger partial charge in [0.05, 0.1) is 12.0 Å². The predicted molar refractivity (Wildman–Crippen MR) is 77.7 cm³/mol. The van der Waals surface area contributed by atoms with Crippen molar-refractivity contribution in [2.75, 3.05) is 0 Å². The van der Waals surface area contributed by atoms with Gasteiger partial charge in [0.15, 0.2) is 0 Å². The molecular formula is C16H29NO2. The van der Waals surface area contributed by atoms with Crippen LogP contribution >= 0.6 is 0 Å². The number of unbranched alkanes of at least 4 members (excludes halogenated alkanes) is 3. The molecule has 0 saturated carbocycles. The first-order valence-corrected chi connectivity index (χ1v) is 7.78. The molecule has 0 aromatic rings. The van der Waals surface area contributed by atoms with E-state index >= 15 is 0 Å². The molecule has 0 aliphatic rings. The van der Waals surface area contributed by atoms with Gasteiger partial charge in [-0.25, -0.2) is 0 Å². The number of hydrogen-bond donors (Lipinski definition) is 1. The minimum absolute atomic E-state index is 0.166. The predicted octanol–water partition coefficient (Wildman–Crippen LogP) is 4.77. The lowest BCUT2D eigenvalue weighted by Gasteiger charge is -2.12. The first-order valence-electron chi connectivity index (χ1n) is 7.78. The average molecular weight is 267 g/mol. The molecule has 0 heterocycles. The van der Waals surface area contributed by atoms with E-state index in [4.69, 9.17) is 10.4 Å². The minimum atomic E-state index is -0.656. The molecule has 3 heteroatoms. The van der Waals surface area contributed by atoms with E-state index in [1.54, 1.807) is 0 Å². The van der Waals surface area contributed by atoms with Gasteiger partial charge in [-0.05, 0) is 25.7 Å². The van der Waals surface area contributed by atoms with E-state index < -0.39 is 5.97 Å². The molecular weight excluding hydrogens is 238 g/mol. The van der Waals surface area contributed by atoms with E-state index in [1.165, 1.54) is 0 Å². The maximum atomic E-state index is 11.1. The van der Waals surface area contributed by atoms with E-state index in [2.05, 4.69) is 19.9 Å². The molecule has 0 aromatic carbocycles. The highest BCUT2D eigenvalue weighted by atomic mass is 16.4. The largest absolute Gasteiger partial charge is 0.481 e. The zero-order valence-electron chi connectivity index (χ0n) is 12.5. The number of rotatable bonds is 12. The Morgan fingerprint density at radius 2 is 1.47 bits per heavy atom. The van der Waals surface area contributed by atoms with Crippen molar-refractivity contribution in [3.05, 3.63) is 0 Å². The smallest absolute Gasteiger partial charge is 0.306 e. The summed E-state index contributed by atoms with van der Waals surface area (Å²) in [6, 6.07) is 2.37. The quantitative estimate of drug-likeness (QED) is 0.518. The van der Waals surface area contributed by atoms with E-state index in [9.17, 15) is 4.79 Å². The van der Waals surface area contributed by atoms with Gasteiger partial charge >= 0.3 is 5.97 Å². The average Bonchev–Trinajstić information content (AvgIpc) is 2.40. The van der Waals surface area contributed by atoms with E-state index in [0.29, 0.717) is 0 Å². The summed E-state index contributed by atoms with van der Waals surface area (Å²) in [7, 11) is 0. The highest BCUT2D eigenvalue weighted by molar-refractivity contribution is 5.69. The van der Waals surface area contributed by atoms with Gasteiger partial charge in [-0.1, -0.05) is 52.4 Å². The normalized spacial score (nSPS) is 13.7. The fourth-order valence-electron chi connectivity index (χ4n) is 2.35. The van der Waals surface area contributed by atoms with Crippen LogP contribution in [0.1, 0.15) is 78.1 Å². The van der Waals surface area contributed by atoms with Gasteiger partial charge in [0.1, 0.15) is 0 Å². The van der Waals surface area contributed by atoms with Crippen molar-refractivity contribution in [2.45, 2.75) is 78.1 Å². The maximum Gasteiger partial charge on any atom is 0.306 e. The molecule has 0 aliphatic carbocycles. The van der Waals surface area contributed by atoms with Crippen molar-refractivity contribution in [3.63, 3.8) is 0 Å². The van der Waals surface area contributed by atoms with Gasteiger partial charge in [-0.15, -0.1) is 0 Å². The molecule has 1 N–H and O–H groups in total. The maximum absolute atomic E-state index is 11.1. The second kappa shape index (κ2) is 12.0. The summed E-state index contributed by atoms with van der Waals surface area (Å²) in [6.45, 7) is 4.23. The zero-order valence-corrected chi connectivity index (χ0v) is 12.5. The third-order valence-corrected chi connectivity index (χ3v) is 3.70. The summed E-state index contributed by atoms with van der Waals surface area (Å²) in [6.07, 6.45) is 9.70. The first kappa shape index (κ1) is 18.0. The molecule has 0 rings (SSSR count). The fraction of sp³-hybridized carbons (Fsp3) is 0.875. The summed E-state index contributed by atoms with van der Waals surface area (Å²) in [4.78, 5) is 11.1. The molecule has 3 nitrogen and oxygen atoms in total. The molecule has 0 amide bonds. The summed E-state index contributed by atoms with van der Waals surface area (Å²) >= 11 is 0. The Bertz CT molecular complexity index is 270. The second-order valence-electron chi connectivity index (χ2n) is 5.43. The topological polar surface area (TPSA) is 61.1 Å². The van der Waals surface area contributed by atoms with Crippen molar-refractivity contribution < 1.29 is 9.90 Å². The van der Waals surface area contributed by atoms with E-state index in [-0.39, 0.29) is 11.8 Å². The van der Waals surface area contributed by atoms with Gasteiger partial charge in [-0.2, -0.15) is 5.26 Å². The number of nitriles is 1. The molecule has 0 saturated heterocycles. The van der Waals surface area contributed by atoms with Gasteiger partial charge in [0.2, 0.25) is 0 Å².